The Labute approximate surface area is 210 Å². The molecule has 0 aliphatic rings. The Balaban J connectivity index is 1.36. The molecule has 0 spiro atoms. The first-order valence-electron chi connectivity index (χ1n) is 11.7. The Hall–Kier alpha value is -3.44. The molecule has 6 heteroatoms. The molecule has 0 aliphatic heterocycles. The molecule has 3 aromatic carbocycles. The second-order valence-electron chi connectivity index (χ2n) is 8.52. The van der Waals surface area contributed by atoms with Crippen LogP contribution in [0, 0.1) is 6.92 Å². The molecule has 4 aromatic rings. The van der Waals surface area contributed by atoms with E-state index in [9.17, 15) is 4.79 Å². The van der Waals surface area contributed by atoms with Gasteiger partial charge in [-0.05, 0) is 73.9 Å². The summed E-state index contributed by atoms with van der Waals surface area (Å²) in [6.45, 7) is 4.54. The van der Waals surface area contributed by atoms with E-state index in [1.54, 1.807) is 0 Å². The maximum absolute atomic E-state index is 11.4. The number of carbonyl (C=O) groups is 1. The van der Waals surface area contributed by atoms with Gasteiger partial charge in [0.25, 0.3) is 0 Å². The maximum atomic E-state index is 11.4. The fraction of sp³-hybridized carbons (Fsp3) is 0.276. The van der Waals surface area contributed by atoms with E-state index in [4.69, 9.17) is 30.2 Å². The third-order valence-electron chi connectivity index (χ3n) is 5.89. The van der Waals surface area contributed by atoms with Crippen molar-refractivity contribution in [3.63, 3.8) is 0 Å². The van der Waals surface area contributed by atoms with Gasteiger partial charge in [-0.15, -0.1) is 0 Å². The van der Waals surface area contributed by atoms with Crippen LogP contribution in [0.3, 0.4) is 0 Å². The van der Waals surface area contributed by atoms with E-state index >= 15 is 0 Å². The lowest BCUT2D eigenvalue weighted by Gasteiger charge is -2.18. The van der Waals surface area contributed by atoms with Gasteiger partial charge < -0.3 is 18.6 Å². The highest BCUT2D eigenvalue weighted by Crippen LogP contribution is 2.36. The van der Waals surface area contributed by atoms with Gasteiger partial charge in [0.2, 0.25) is 0 Å². The van der Waals surface area contributed by atoms with E-state index in [1.165, 1.54) is 7.11 Å². The number of hydrogen-bond acceptors (Lipinski definition) is 5. The van der Waals surface area contributed by atoms with Gasteiger partial charge in [-0.2, -0.15) is 0 Å². The average Bonchev–Trinajstić information content (AvgIpc) is 3.28. The zero-order valence-electron chi connectivity index (χ0n) is 20.2. The summed E-state index contributed by atoms with van der Waals surface area (Å²) >= 11 is 6.28. The highest BCUT2D eigenvalue weighted by atomic mass is 35.5. The Morgan fingerprint density at radius 1 is 1.06 bits per heavy atom. The van der Waals surface area contributed by atoms with E-state index in [0.29, 0.717) is 36.6 Å². The van der Waals surface area contributed by atoms with Gasteiger partial charge in [0.05, 0.1) is 25.4 Å². The fourth-order valence-electron chi connectivity index (χ4n) is 3.91. The molecule has 4 rings (SSSR count). The highest BCUT2D eigenvalue weighted by molar-refractivity contribution is 6.31. The van der Waals surface area contributed by atoms with Crippen molar-refractivity contribution in [1.29, 1.82) is 0 Å². The fourth-order valence-corrected chi connectivity index (χ4v) is 4.08. The number of esters is 1. The quantitative estimate of drug-likeness (QED) is 0.216. The van der Waals surface area contributed by atoms with Gasteiger partial charge in [0, 0.05) is 23.3 Å². The van der Waals surface area contributed by atoms with Crippen molar-refractivity contribution in [2.24, 2.45) is 0 Å². The first kappa shape index (κ1) is 24.7. The number of fused-ring (bicyclic) bond motifs is 1. The van der Waals surface area contributed by atoms with Crippen molar-refractivity contribution in [2.75, 3.05) is 13.7 Å². The van der Waals surface area contributed by atoms with Gasteiger partial charge in [-0.1, -0.05) is 35.9 Å². The number of para-hydroxylation sites is 1. The molecule has 0 amide bonds. The summed E-state index contributed by atoms with van der Waals surface area (Å²) in [5, 5.41) is 1.65. The third kappa shape index (κ3) is 6.37. The molecular formula is C29H29ClO5. The molecule has 1 atom stereocenters. The standard InChI is InChI=1S/C29H29ClO5/c1-19-16-24(11-8-21(19)9-13-29(31)32-3)33-15-14-20(2)34-27-12-10-23(30)18-25(27)28-17-22-6-4-5-7-26(22)35-28/h4-8,10-12,16-18,20H,9,13-15H2,1-3H3/t20-/m1/s1. The van der Waals surface area contributed by atoms with Crippen LogP contribution < -0.4 is 9.47 Å². The Morgan fingerprint density at radius 3 is 2.66 bits per heavy atom. The van der Waals surface area contributed by atoms with Crippen LogP contribution in [0.4, 0.5) is 0 Å². The molecule has 0 radical (unpaired) electrons. The Kier molecular flexibility index (Phi) is 7.98. The summed E-state index contributed by atoms with van der Waals surface area (Å²) in [4.78, 5) is 11.4. The molecule has 0 bridgehead atoms. The lowest BCUT2D eigenvalue weighted by atomic mass is 10.0. The molecule has 0 fully saturated rings. The van der Waals surface area contributed by atoms with Crippen molar-refractivity contribution < 1.29 is 23.4 Å². The van der Waals surface area contributed by atoms with Gasteiger partial charge in [0.15, 0.2) is 0 Å². The molecule has 0 unspecified atom stereocenters. The molecule has 1 aromatic heterocycles. The summed E-state index contributed by atoms with van der Waals surface area (Å²) in [7, 11) is 1.41. The molecule has 5 nitrogen and oxygen atoms in total. The molecule has 0 saturated heterocycles. The summed E-state index contributed by atoms with van der Waals surface area (Å²) in [5.74, 6) is 2.02. The monoisotopic (exact) mass is 492 g/mol. The van der Waals surface area contributed by atoms with Crippen LogP contribution >= 0.6 is 11.6 Å². The number of aryl methyl sites for hydroxylation is 2. The Bertz CT molecular complexity index is 1280. The summed E-state index contributed by atoms with van der Waals surface area (Å²) in [5.41, 5.74) is 3.84. The van der Waals surface area contributed by atoms with Crippen LogP contribution in [0.5, 0.6) is 11.5 Å². The van der Waals surface area contributed by atoms with Crippen molar-refractivity contribution in [3.05, 3.63) is 82.9 Å². The van der Waals surface area contributed by atoms with Gasteiger partial charge in [0.1, 0.15) is 22.8 Å². The van der Waals surface area contributed by atoms with Crippen LogP contribution in [0.2, 0.25) is 5.02 Å². The summed E-state index contributed by atoms with van der Waals surface area (Å²) < 4.78 is 23.0. The number of methoxy groups -OCH3 is 1. The third-order valence-corrected chi connectivity index (χ3v) is 6.13. The predicted molar refractivity (Wildman–Crippen MR) is 138 cm³/mol. The maximum Gasteiger partial charge on any atom is 0.305 e. The minimum Gasteiger partial charge on any atom is -0.493 e. The molecule has 0 aliphatic carbocycles. The first-order chi connectivity index (χ1) is 16.9. The first-order valence-corrected chi connectivity index (χ1v) is 12.0. The smallest absolute Gasteiger partial charge is 0.305 e. The van der Waals surface area contributed by atoms with Gasteiger partial charge >= 0.3 is 5.97 Å². The van der Waals surface area contributed by atoms with Crippen LogP contribution in [-0.2, 0) is 16.0 Å². The summed E-state index contributed by atoms with van der Waals surface area (Å²) in [6.07, 6.45) is 1.64. The highest BCUT2D eigenvalue weighted by Gasteiger charge is 2.15. The number of halogens is 1. The molecule has 182 valence electrons. The number of rotatable bonds is 10. The van der Waals surface area contributed by atoms with Crippen LogP contribution in [-0.4, -0.2) is 25.8 Å². The van der Waals surface area contributed by atoms with Crippen molar-refractivity contribution in [1.82, 2.24) is 0 Å². The second-order valence-corrected chi connectivity index (χ2v) is 8.96. The van der Waals surface area contributed by atoms with Gasteiger partial charge in [-0.3, -0.25) is 4.79 Å². The second kappa shape index (κ2) is 11.3. The SMILES string of the molecule is COC(=O)CCc1ccc(OCC[C@@H](C)Oc2ccc(Cl)cc2-c2cc3ccccc3o2)cc1C. The van der Waals surface area contributed by atoms with Crippen LogP contribution in [0.1, 0.15) is 30.9 Å². The number of carbonyl (C=O) groups excluding carboxylic acids is 1. The topological polar surface area (TPSA) is 57.9 Å². The van der Waals surface area contributed by atoms with Crippen LogP contribution in [0.15, 0.2) is 71.1 Å². The van der Waals surface area contributed by atoms with E-state index in [1.807, 2.05) is 80.6 Å². The molecule has 1 heterocycles. The Morgan fingerprint density at radius 2 is 1.89 bits per heavy atom. The van der Waals surface area contributed by atoms with Crippen molar-refractivity contribution in [2.45, 2.75) is 39.2 Å². The van der Waals surface area contributed by atoms with Crippen LogP contribution in [0.25, 0.3) is 22.3 Å². The van der Waals surface area contributed by atoms with Gasteiger partial charge in [-0.25, -0.2) is 0 Å². The minimum absolute atomic E-state index is 0.0836. The van der Waals surface area contributed by atoms with Crippen molar-refractivity contribution >= 4 is 28.5 Å². The van der Waals surface area contributed by atoms with E-state index in [-0.39, 0.29) is 12.1 Å². The lowest BCUT2D eigenvalue weighted by Crippen LogP contribution is -2.16. The number of benzene rings is 3. The molecule has 0 N–H and O–H groups in total. The molecule has 0 saturated carbocycles. The zero-order chi connectivity index (χ0) is 24.8. The average molecular weight is 493 g/mol. The minimum atomic E-state index is -0.206. The van der Waals surface area contributed by atoms with Crippen molar-refractivity contribution in [3.8, 4) is 22.8 Å². The van der Waals surface area contributed by atoms with E-state index < -0.39 is 0 Å². The predicted octanol–water partition coefficient (Wildman–Crippen LogP) is 7.40. The number of furan rings is 1. The molecular weight excluding hydrogens is 464 g/mol. The number of hydrogen-bond donors (Lipinski definition) is 0. The normalized spacial score (nSPS) is 11.9. The lowest BCUT2D eigenvalue weighted by molar-refractivity contribution is -0.140. The molecule has 35 heavy (non-hydrogen) atoms. The largest absolute Gasteiger partial charge is 0.493 e. The summed E-state index contributed by atoms with van der Waals surface area (Å²) in [6, 6.07) is 21.4. The number of ether oxygens (including phenoxy) is 3. The van der Waals surface area contributed by atoms with E-state index in [2.05, 4.69) is 0 Å². The zero-order valence-corrected chi connectivity index (χ0v) is 20.9. The van der Waals surface area contributed by atoms with E-state index in [0.717, 1.165) is 39.2 Å².